The summed E-state index contributed by atoms with van der Waals surface area (Å²) >= 11 is 0. The van der Waals surface area contributed by atoms with Gasteiger partial charge < -0.3 is 15.5 Å². The Morgan fingerprint density at radius 2 is 1.65 bits per heavy atom. The molecule has 152 valence electrons. The summed E-state index contributed by atoms with van der Waals surface area (Å²) in [5.41, 5.74) is 0.275. The molecule has 26 heavy (non-hydrogen) atoms. The highest BCUT2D eigenvalue weighted by molar-refractivity contribution is 5.79. The lowest BCUT2D eigenvalue weighted by molar-refractivity contribution is 0.0208. The van der Waals surface area contributed by atoms with Crippen molar-refractivity contribution in [2.24, 2.45) is 4.99 Å². The van der Waals surface area contributed by atoms with Crippen molar-refractivity contribution in [2.75, 3.05) is 52.9 Å². The van der Waals surface area contributed by atoms with Gasteiger partial charge in [0.05, 0.1) is 6.54 Å². The van der Waals surface area contributed by atoms with Gasteiger partial charge in [-0.1, -0.05) is 32.6 Å². The molecule has 0 unspecified atom stereocenters. The molecule has 2 heterocycles. The van der Waals surface area contributed by atoms with Crippen LogP contribution in [0, 0.1) is 0 Å². The van der Waals surface area contributed by atoms with E-state index in [1.54, 1.807) is 0 Å². The van der Waals surface area contributed by atoms with E-state index < -0.39 is 0 Å². The first-order valence-corrected chi connectivity index (χ1v) is 11.2. The highest BCUT2D eigenvalue weighted by Gasteiger charge is 2.39. The molecule has 0 aromatic carbocycles. The Bertz CT molecular complexity index is 395. The molecule has 2 rings (SSSR count). The van der Waals surface area contributed by atoms with Crippen molar-refractivity contribution in [1.29, 1.82) is 0 Å². The van der Waals surface area contributed by atoms with Crippen molar-refractivity contribution in [3.63, 3.8) is 0 Å². The first-order valence-electron chi connectivity index (χ1n) is 11.2. The molecule has 2 saturated heterocycles. The van der Waals surface area contributed by atoms with Crippen LogP contribution in [0.1, 0.15) is 71.6 Å². The zero-order valence-corrected chi connectivity index (χ0v) is 17.7. The summed E-state index contributed by atoms with van der Waals surface area (Å²) in [5, 5.41) is 7.01. The number of rotatable bonds is 9. The van der Waals surface area contributed by atoms with E-state index in [0.29, 0.717) is 0 Å². The van der Waals surface area contributed by atoms with E-state index in [1.807, 2.05) is 0 Å². The van der Waals surface area contributed by atoms with Gasteiger partial charge in [0.15, 0.2) is 5.96 Å². The van der Waals surface area contributed by atoms with Crippen molar-refractivity contribution in [3.8, 4) is 0 Å². The summed E-state index contributed by atoms with van der Waals surface area (Å²) in [6.45, 7) is 12.3. The van der Waals surface area contributed by atoms with Gasteiger partial charge in [-0.05, 0) is 72.3 Å². The molecule has 0 atom stereocenters. The zero-order chi connectivity index (χ0) is 18.7. The summed E-state index contributed by atoms with van der Waals surface area (Å²) in [7, 11) is 2.26. The average Bonchev–Trinajstić information content (AvgIpc) is 2.68. The van der Waals surface area contributed by atoms with E-state index in [-0.39, 0.29) is 5.54 Å². The highest BCUT2D eigenvalue weighted by Crippen LogP contribution is 2.31. The molecular weight excluding hydrogens is 322 g/mol. The molecule has 0 aliphatic carbocycles. The van der Waals surface area contributed by atoms with E-state index in [9.17, 15) is 0 Å². The predicted octanol–water partition coefficient (Wildman–Crippen LogP) is 3.07. The fourth-order valence-electron chi connectivity index (χ4n) is 4.30. The van der Waals surface area contributed by atoms with E-state index in [1.165, 1.54) is 84.0 Å². The molecule has 2 aliphatic heterocycles. The Morgan fingerprint density at radius 3 is 2.31 bits per heavy atom. The fourth-order valence-corrected chi connectivity index (χ4v) is 4.30. The molecule has 0 amide bonds. The Labute approximate surface area is 162 Å². The third kappa shape index (κ3) is 6.73. The number of piperidine rings is 2. The molecule has 0 bridgehead atoms. The lowest BCUT2D eigenvalue weighted by Crippen LogP contribution is -2.58. The van der Waals surface area contributed by atoms with Gasteiger partial charge in [0, 0.05) is 18.6 Å². The first kappa shape index (κ1) is 21.5. The van der Waals surface area contributed by atoms with Gasteiger partial charge in [0.25, 0.3) is 0 Å². The summed E-state index contributed by atoms with van der Waals surface area (Å²) in [4.78, 5) is 10.3. The lowest BCUT2D eigenvalue weighted by atomic mass is 9.84. The van der Waals surface area contributed by atoms with Crippen molar-refractivity contribution in [2.45, 2.75) is 77.2 Å². The summed E-state index contributed by atoms with van der Waals surface area (Å²) in [6.07, 6.45) is 11.8. The number of aliphatic imine (C=N–C) groups is 1. The topological polar surface area (TPSA) is 42.9 Å². The molecule has 5 heteroatoms. The van der Waals surface area contributed by atoms with Gasteiger partial charge in [0.2, 0.25) is 0 Å². The van der Waals surface area contributed by atoms with Crippen LogP contribution in [0.2, 0.25) is 0 Å². The Morgan fingerprint density at radius 1 is 0.923 bits per heavy atom. The SMILES string of the molecule is CCCCCCNC(=NCC1(N2CCCCC2)CCN(C)CC1)NCC. The number of unbranched alkanes of at least 4 members (excludes halogenated alkanes) is 3. The average molecular weight is 366 g/mol. The third-order valence-corrected chi connectivity index (χ3v) is 6.14. The second kappa shape index (κ2) is 11.8. The maximum absolute atomic E-state index is 5.06. The second-order valence-corrected chi connectivity index (χ2v) is 8.26. The molecular formula is C21H43N5. The van der Waals surface area contributed by atoms with Crippen molar-refractivity contribution >= 4 is 5.96 Å². The molecule has 2 fully saturated rings. The fraction of sp³-hybridized carbons (Fsp3) is 0.952. The quantitative estimate of drug-likeness (QED) is 0.374. The third-order valence-electron chi connectivity index (χ3n) is 6.14. The lowest BCUT2D eigenvalue weighted by Gasteiger charge is -2.49. The normalized spacial score (nSPS) is 22.3. The number of guanidine groups is 1. The molecule has 0 radical (unpaired) electrons. The largest absolute Gasteiger partial charge is 0.357 e. The maximum atomic E-state index is 5.06. The van der Waals surface area contributed by atoms with E-state index >= 15 is 0 Å². The molecule has 0 aromatic heterocycles. The van der Waals surface area contributed by atoms with Crippen LogP contribution in [0.25, 0.3) is 0 Å². The number of likely N-dealkylation sites (tertiary alicyclic amines) is 2. The minimum absolute atomic E-state index is 0.275. The van der Waals surface area contributed by atoms with Crippen LogP contribution in [0.3, 0.4) is 0 Å². The van der Waals surface area contributed by atoms with Crippen molar-refractivity contribution < 1.29 is 0 Å². The van der Waals surface area contributed by atoms with Gasteiger partial charge in [-0.3, -0.25) is 9.89 Å². The van der Waals surface area contributed by atoms with E-state index in [2.05, 4.69) is 41.3 Å². The Hall–Kier alpha value is -0.810. The van der Waals surface area contributed by atoms with Crippen LogP contribution in [-0.4, -0.2) is 74.2 Å². The molecule has 0 aromatic rings. The van der Waals surface area contributed by atoms with E-state index in [0.717, 1.165) is 25.6 Å². The van der Waals surface area contributed by atoms with Crippen LogP contribution in [-0.2, 0) is 0 Å². The van der Waals surface area contributed by atoms with Crippen molar-refractivity contribution in [3.05, 3.63) is 0 Å². The number of nitrogens with one attached hydrogen (secondary N) is 2. The van der Waals surface area contributed by atoms with Gasteiger partial charge in [0.1, 0.15) is 0 Å². The maximum Gasteiger partial charge on any atom is 0.191 e. The predicted molar refractivity (Wildman–Crippen MR) is 113 cm³/mol. The van der Waals surface area contributed by atoms with Crippen LogP contribution in [0.15, 0.2) is 4.99 Å². The minimum atomic E-state index is 0.275. The van der Waals surface area contributed by atoms with Gasteiger partial charge in [-0.2, -0.15) is 0 Å². The first-order chi connectivity index (χ1) is 12.7. The van der Waals surface area contributed by atoms with Crippen LogP contribution < -0.4 is 10.6 Å². The van der Waals surface area contributed by atoms with Gasteiger partial charge in [-0.15, -0.1) is 0 Å². The Kier molecular flexibility index (Phi) is 9.76. The second-order valence-electron chi connectivity index (χ2n) is 8.26. The van der Waals surface area contributed by atoms with Crippen LogP contribution in [0.4, 0.5) is 0 Å². The molecule has 2 aliphatic rings. The van der Waals surface area contributed by atoms with E-state index in [4.69, 9.17) is 4.99 Å². The smallest absolute Gasteiger partial charge is 0.191 e. The highest BCUT2D eigenvalue weighted by atomic mass is 15.3. The zero-order valence-electron chi connectivity index (χ0n) is 17.7. The molecule has 0 spiro atoms. The molecule has 0 saturated carbocycles. The number of nitrogens with zero attached hydrogens (tertiary/aromatic N) is 3. The Balaban J connectivity index is 1.96. The minimum Gasteiger partial charge on any atom is -0.357 e. The standard InChI is InChI=1S/C21H43N5/c1-4-6-7-9-14-23-20(22-5-2)24-19-21(12-17-25(3)18-13-21)26-15-10-8-11-16-26/h4-19H2,1-3H3,(H2,22,23,24). The number of hydrogen-bond donors (Lipinski definition) is 2. The van der Waals surface area contributed by atoms with Gasteiger partial charge >= 0.3 is 0 Å². The summed E-state index contributed by atoms with van der Waals surface area (Å²) in [6, 6.07) is 0. The summed E-state index contributed by atoms with van der Waals surface area (Å²) in [5.74, 6) is 1.01. The molecule has 5 nitrogen and oxygen atoms in total. The molecule has 2 N–H and O–H groups in total. The van der Waals surface area contributed by atoms with Crippen LogP contribution >= 0.6 is 0 Å². The summed E-state index contributed by atoms with van der Waals surface area (Å²) < 4.78 is 0. The van der Waals surface area contributed by atoms with Crippen molar-refractivity contribution in [1.82, 2.24) is 20.4 Å². The van der Waals surface area contributed by atoms with Gasteiger partial charge in [-0.25, -0.2) is 0 Å². The monoisotopic (exact) mass is 365 g/mol. The number of hydrogen-bond acceptors (Lipinski definition) is 3. The van der Waals surface area contributed by atoms with Crippen LogP contribution in [0.5, 0.6) is 0 Å².